The molecule has 5 nitrogen and oxygen atoms in total. The van der Waals surface area contributed by atoms with Gasteiger partial charge in [-0.2, -0.15) is 0 Å². The maximum atomic E-state index is 6.10. The minimum atomic E-state index is 0. The maximum absolute atomic E-state index is 6.10. The van der Waals surface area contributed by atoms with Gasteiger partial charge >= 0.3 is 0 Å². The SMILES string of the molecule is Cc1csc(Nc2ncc(SCc3ccccn3)cc2Oc2ccccc2)n1.Cl.Cl. The zero-order valence-corrected chi connectivity index (χ0v) is 19.3. The van der Waals surface area contributed by atoms with E-state index in [1.54, 1.807) is 18.0 Å². The van der Waals surface area contributed by atoms with Crippen LogP contribution in [0.25, 0.3) is 0 Å². The molecule has 0 unspecified atom stereocenters. The average Bonchev–Trinajstić information content (AvgIpc) is 3.14. The van der Waals surface area contributed by atoms with E-state index in [-0.39, 0.29) is 24.8 Å². The number of para-hydroxylation sites is 1. The zero-order chi connectivity index (χ0) is 19.2. The summed E-state index contributed by atoms with van der Waals surface area (Å²) in [6, 6.07) is 17.6. The summed E-state index contributed by atoms with van der Waals surface area (Å²) in [6.45, 7) is 1.97. The molecule has 0 saturated carbocycles. The highest BCUT2D eigenvalue weighted by atomic mass is 35.5. The molecule has 0 aliphatic rings. The highest BCUT2D eigenvalue weighted by Crippen LogP contribution is 2.34. The third-order valence-electron chi connectivity index (χ3n) is 3.76. The molecule has 9 heteroatoms. The Balaban J connectivity index is 0.00000160. The number of halogens is 2. The standard InChI is InChI=1S/C21H18N4OS2.2ClH/c1-15-13-28-21(24-15)25-20-19(26-17-8-3-2-4-9-17)11-18(12-23-20)27-14-16-7-5-6-10-22-16;;/h2-13H,14H2,1H3,(H,23,24,25);2*1H. The molecule has 4 rings (SSSR count). The first-order chi connectivity index (χ1) is 13.8. The van der Waals surface area contributed by atoms with Gasteiger partial charge in [-0.25, -0.2) is 9.97 Å². The van der Waals surface area contributed by atoms with Gasteiger partial charge in [-0.05, 0) is 37.3 Å². The third-order valence-corrected chi connectivity index (χ3v) is 5.63. The fourth-order valence-corrected chi connectivity index (χ4v) is 3.94. The Morgan fingerprint density at radius 1 is 1.03 bits per heavy atom. The number of aryl methyl sites for hydroxylation is 1. The Labute approximate surface area is 196 Å². The van der Waals surface area contributed by atoms with Gasteiger partial charge in [0.1, 0.15) is 5.75 Å². The van der Waals surface area contributed by atoms with E-state index in [2.05, 4.69) is 20.3 Å². The van der Waals surface area contributed by atoms with E-state index in [9.17, 15) is 0 Å². The van der Waals surface area contributed by atoms with Gasteiger partial charge < -0.3 is 10.1 Å². The number of hydrogen-bond donors (Lipinski definition) is 1. The van der Waals surface area contributed by atoms with Gasteiger partial charge in [0.25, 0.3) is 0 Å². The molecule has 3 heterocycles. The van der Waals surface area contributed by atoms with Crippen molar-refractivity contribution >= 4 is 58.9 Å². The van der Waals surface area contributed by atoms with E-state index in [1.165, 1.54) is 11.3 Å². The maximum Gasteiger partial charge on any atom is 0.188 e. The summed E-state index contributed by atoms with van der Waals surface area (Å²) < 4.78 is 6.10. The quantitative estimate of drug-likeness (QED) is 0.291. The number of anilines is 2. The summed E-state index contributed by atoms with van der Waals surface area (Å²) in [7, 11) is 0. The first kappa shape index (κ1) is 24.0. The van der Waals surface area contributed by atoms with Gasteiger partial charge in [0.2, 0.25) is 0 Å². The molecular formula is C21H20Cl2N4OS2. The van der Waals surface area contributed by atoms with Crippen molar-refractivity contribution in [1.29, 1.82) is 0 Å². The molecule has 30 heavy (non-hydrogen) atoms. The predicted octanol–water partition coefficient (Wildman–Crippen LogP) is 6.91. The number of thioether (sulfide) groups is 1. The molecule has 1 N–H and O–H groups in total. The fraction of sp³-hybridized carbons (Fsp3) is 0.0952. The van der Waals surface area contributed by atoms with Crippen molar-refractivity contribution in [3.05, 3.63) is 83.8 Å². The Bertz CT molecular complexity index is 1050. The number of aromatic nitrogens is 3. The van der Waals surface area contributed by atoms with Gasteiger partial charge in [0, 0.05) is 28.4 Å². The minimum Gasteiger partial charge on any atom is -0.453 e. The van der Waals surface area contributed by atoms with Crippen LogP contribution in [0, 0.1) is 6.92 Å². The summed E-state index contributed by atoms with van der Waals surface area (Å²) in [5.41, 5.74) is 2.00. The number of thiazole rings is 1. The summed E-state index contributed by atoms with van der Waals surface area (Å²) in [6.07, 6.45) is 3.65. The lowest BCUT2D eigenvalue weighted by molar-refractivity contribution is 0.481. The smallest absolute Gasteiger partial charge is 0.188 e. The van der Waals surface area contributed by atoms with Crippen molar-refractivity contribution in [3.8, 4) is 11.5 Å². The number of ether oxygens (including phenoxy) is 1. The molecule has 0 fully saturated rings. The van der Waals surface area contributed by atoms with E-state index in [4.69, 9.17) is 4.74 Å². The van der Waals surface area contributed by atoms with Crippen molar-refractivity contribution in [1.82, 2.24) is 15.0 Å². The second kappa shape index (κ2) is 11.8. The van der Waals surface area contributed by atoms with Crippen molar-refractivity contribution in [3.63, 3.8) is 0 Å². The molecule has 0 aliphatic heterocycles. The van der Waals surface area contributed by atoms with E-state index < -0.39 is 0 Å². The Morgan fingerprint density at radius 3 is 2.53 bits per heavy atom. The molecular weight excluding hydrogens is 459 g/mol. The molecule has 156 valence electrons. The van der Waals surface area contributed by atoms with Gasteiger partial charge in [0.15, 0.2) is 16.7 Å². The highest BCUT2D eigenvalue weighted by Gasteiger charge is 2.11. The van der Waals surface area contributed by atoms with Crippen LogP contribution in [0.2, 0.25) is 0 Å². The summed E-state index contributed by atoms with van der Waals surface area (Å²) in [5, 5.41) is 6.05. The van der Waals surface area contributed by atoms with E-state index in [0.29, 0.717) is 11.6 Å². The van der Waals surface area contributed by atoms with Crippen LogP contribution >= 0.6 is 47.9 Å². The summed E-state index contributed by atoms with van der Waals surface area (Å²) in [4.78, 5) is 14.4. The van der Waals surface area contributed by atoms with Gasteiger partial charge in [-0.15, -0.1) is 47.9 Å². The molecule has 0 amide bonds. The van der Waals surface area contributed by atoms with Crippen molar-refractivity contribution in [2.75, 3.05) is 5.32 Å². The molecule has 0 aliphatic carbocycles. The van der Waals surface area contributed by atoms with Crippen LogP contribution in [0.3, 0.4) is 0 Å². The topological polar surface area (TPSA) is 59.9 Å². The highest BCUT2D eigenvalue weighted by molar-refractivity contribution is 7.98. The number of hydrogen-bond acceptors (Lipinski definition) is 7. The average molecular weight is 479 g/mol. The molecule has 0 radical (unpaired) electrons. The number of rotatable bonds is 7. The van der Waals surface area contributed by atoms with Crippen molar-refractivity contribution in [2.45, 2.75) is 17.6 Å². The first-order valence-electron chi connectivity index (χ1n) is 8.71. The van der Waals surface area contributed by atoms with E-state index in [1.807, 2.05) is 73.1 Å². The van der Waals surface area contributed by atoms with Crippen molar-refractivity contribution in [2.24, 2.45) is 0 Å². The second-order valence-electron chi connectivity index (χ2n) is 5.96. The minimum absolute atomic E-state index is 0. The van der Waals surface area contributed by atoms with Crippen LogP contribution < -0.4 is 10.1 Å². The Kier molecular flexibility index (Phi) is 9.39. The van der Waals surface area contributed by atoms with Crippen molar-refractivity contribution < 1.29 is 4.74 Å². The second-order valence-corrected chi connectivity index (χ2v) is 7.87. The lowest BCUT2D eigenvalue weighted by Gasteiger charge is -2.12. The lowest BCUT2D eigenvalue weighted by Crippen LogP contribution is -1.98. The lowest BCUT2D eigenvalue weighted by atomic mass is 10.3. The molecule has 0 atom stereocenters. The number of nitrogens with zero attached hydrogens (tertiary/aromatic N) is 3. The molecule has 0 spiro atoms. The van der Waals surface area contributed by atoms with Crippen LogP contribution in [-0.4, -0.2) is 15.0 Å². The molecule has 1 aromatic carbocycles. The van der Waals surface area contributed by atoms with E-state index >= 15 is 0 Å². The molecule has 0 saturated heterocycles. The van der Waals surface area contributed by atoms with Gasteiger partial charge in [0.05, 0.1) is 11.4 Å². The van der Waals surface area contributed by atoms with Crippen LogP contribution in [0.15, 0.2) is 77.3 Å². The van der Waals surface area contributed by atoms with E-state index in [0.717, 1.165) is 32.9 Å². The fourth-order valence-electron chi connectivity index (χ4n) is 2.45. The molecule has 3 aromatic heterocycles. The Morgan fingerprint density at radius 2 is 1.83 bits per heavy atom. The largest absolute Gasteiger partial charge is 0.453 e. The number of benzene rings is 1. The van der Waals surface area contributed by atoms with Crippen LogP contribution in [0.1, 0.15) is 11.4 Å². The van der Waals surface area contributed by atoms with Gasteiger partial charge in [-0.1, -0.05) is 24.3 Å². The third kappa shape index (κ3) is 6.60. The Hall–Kier alpha value is -2.32. The van der Waals surface area contributed by atoms with Crippen LogP contribution in [0.5, 0.6) is 11.5 Å². The zero-order valence-electron chi connectivity index (χ0n) is 16.0. The summed E-state index contributed by atoms with van der Waals surface area (Å²) >= 11 is 3.21. The molecule has 4 aromatic rings. The number of nitrogens with one attached hydrogen (secondary N) is 1. The van der Waals surface area contributed by atoms with Gasteiger partial charge in [-0.3, -0.25) is 4.98 Å². The monoisotopic (exact) mass is 478 g/mol. The molecule has 0 bridgehead atoms. The summed E-state index contributed by atoms with van der Waals surface area (Å²) in [5.74, 6) is 2.83. The first-order valence-corrected chi connectivity index (χ1v) is 10.6. The number of pyridine rings is 2. The normalized spacial score (nSPS) is 9.90. The van der Waals surface area contributed by atoms with Crippen LogP contribution in [0.4, 0.5) is 10.9 Å². The predicted molar refractivity (Wildman–Crippen MR) is 129 cm³/mol. The van der Waals surface area contributed by atoms with Crippen LogP contribution in [-0.2, 0) is 5.75 Å².